The van der Waals surface area contributed by atoms with Crippen LogP contribution in [0.3, 0.4) is 0 Å². The highest BCUT2D eigenvalue weighted by Gasteiger charge is 2.39. The maximum atomic E-state index is 8.91. The third-order valence-corrected chi connectivity index (χ3v) is 4.53. The van der Waals surface area contributed by atoms with Crippen LogP contribution in [-0.2, 0) is 13.0 Å². The third-order valence-electron chi connectivity index (χ3n) is 4.53. The van der Waals surface area contributed by atoms with Crippen LogP contribution in [0.1, 0.15) is 31.4 Å². The number of anilines is 1. The van der Waals surface area contributed by atoms with Crippen LogP contribution in [0.15, 0.2) is 6.07 Å². The Labute approximate surface area is 102 Å². The first-order valence-electron chi connectivity index (χ1n) is 6.69. The second-order valence-electron chi connectivity index (χ2n) is 5.65. The molecule has 2 fully saturated rings. The summed E-state index contributed by atoms with van der Waals surface area (Å²) in [7, 11) is 0. The number of hydrogen-bond acceptors (Lipinski definition) is 3. The van der Waals surface area contributed by atoms with Crippen LogP contribution in [-0.4, -0.2) is 21.5 Å². The van der Waals surface area contributed by atoms with E-state index in [2.05, 4.69) is 5.10 Å². The monoisotopic (exact) mass is 235 g/mol. The maximum Gasteiger partial charge on any atom is 0.122 e. The van der Waals surface area contributed by atoms with Crippen LogP contribution in [0.25, 0.3) is 0 Å². The molecule has 17 heavy (non-hydrogen) atoms. The van der Waals surface area contributed by atoms with Gasteiger partial charge in [0.25, 0.3) is 0 Å². The van der Waals surface area contributed by atoms with E-state index in [0.29, 0.717) is 12.4 Å². The van der Waals surface area contributed by atoms with Crippen LogP contribution in [0.2, 0.25) is 0 Å². The topological polar surface area (TPSA) is 64.1 Å². The van der Waals surface area contributed by atoms with Crippen molar-refractivity contribution < 1.29 is 5.11 Å². The number of nitrogens with zero attached hydrogens (tertiary/aromatic N) is 2. The Morgan fingerprint density at radius 2 is 2.29 bits per heavy atom. The molecule has 0 spiro atoms. The predicted molar refractivity (Wildman–Crippen MR) is 66.4 cm³/mol. The molecule has 0 radical (unpaired) electrons. The number of fused-ring (bicyclic) bond motifs is 2. The largest absolute Gasteiger partial charge is 0.394 e. The number of hydrogen-bond donors (Lipinski definition) is 2. The summed E-state index contributed by atoms with van der Waals surface area (Å²) in [5.74, 6) is 3.42. The molecule has 94 valence electrons. The molecule has 2 saturated carbocycles. The van der Waals surface area contributed by atoms with Crippen molar-refractivity contribution in [3.05, 3.63) is 11.8 Å². The van der Waals surface area contributed by atoms with Crippen molar-refractivity contribution in [2.24, 2.45) is 17.8 Å². The van der Waals surface area contributed by atoms with Gasteiger partial charge in [0.1, 0.15) is 5.82 Å². The zero-order valence-electron chi connectivity index (χ0n) is 10.2. The second-order valence-corrected chi connectivity index (χ2v) is 5.65. The normalized spacial score (nSPS) is 31.2. The van der Waals surface area contributed by atoms with Crippen molar-refractivity contribution >= 4 is 5.82 Å². The molecular formula is C13H21N3O. The van der Waals surface area contributed by atoms with Crippen molar-refractivity contribution in [2.75, 3.05) is 12.3 Å². The second kappa shape index (κ2) is 4.33. The van der Waals surface area contributed by atoms with E-state index in [-0.39, 0.29) is 6.61 Å². The van der Waals surface area contributed by atoms with Crippen LogP contribution in [0, 0.1) is 17.8 Å². The van der Waals surface area contributed by atoms with Crippen molar-refractivity contribution in [3.63, 3.8) is 0 Å². The highest BCUT2D eigenvalue weighted by atomic mass is 16.3. The van der Waals surface area contributed by atoms with Crippen molar-refractivity contribution in [1.82, 2.24) is 9.78 Å². The molecule has 2 bridgehead atoms. The minimum Gasteiger partial charge on any atom is -0.394 e. The molecule has 4 heteroatoms. The molecule has 0 amide bonds. The molecule has 3 N–H and O–H groups in total. The van der Waals surface area contributed by atoms with E-state index in [1.54, 1.807) is 4.68 Å². The molecule has 3 rings (SSSR count). The van der Waals surface area contributed by atoms with Gasteiger partial charge < -0.3 is 10.8 Å². The van der Waals surface area contributed by atoms with Gasteiger partial charge in [0.15, 0.2) is 0 Å². The van der Waals surface area contributed by atoms with Crippen molar-refractivity contribution in [2.45, 2.75) is 38.6 Å². The lowest BCUT2D eigenvalue weighted by molar-refractivity contribution is 0.269. The van der Waals surface area contributed by atoms with Crippen LogP contribution >= 0.6 is 0 Å². The molecule has 4 nitrogen and oxygen atoms in total. The van der Waals surface area contributed by atoms with E-state index in [4.69, 9.17) is 10.8 Å². The fraction of sp³-hybridized carbons (Fsp3) is 0.769. The van der Waals surface area contributed by atoms with Gasteiger partial charge in [-0.25, -0.2) is 4.68 Å². The Kier molecular flexibility index (Phi) is 2.82. The van der Waals surface area contributed by atoms with Gasteiger partial charge in [0.2, 0.25) is 0 Å². The molecule has 1 heterocycles. The number of rotatable bonds is 4. The van der Waals surface area contributed by atoms with E-state index in [0.717, 1.165) is 29.9 Å². The fourth-order valence-electron chi connectivity index (χ4n) is 3.76. The molecule has 2 aliphatic rings. The van der Waals surface area contributed by atoms with E-state index in [1.807, 2.05) is 6.07 Å². The minimum atomic E-state index is 0.0967. The van der Waals surface area contributed by atoms with Crippen molar-refractivity contribution in [3.8, 4) is 0 Å². The fourth-order valence-corrected chi connectivity index (χ4v) is 3.76. The maximum absolute atomic E-state index is 8.91. The van der Waals surface area contributed by atoms with E-state index < -0.39 is 0 Å². The first-order chi connectivity index (χ1) is 8.26. The summed E-state index contributed by atoms with van der Waals surface area (Å²) >= 11 is 0. The molecule has 1 aromatic rings. The molecule has 3 atom stereocenters. The van der Waals surface area contributed by atoms with Crippen molar-refractivity contribution in [1.29, 1.82) is 0 Å². The SMILES string of the molecule is Nc1cc(CC2CC3CCC2C3)nn1CCO. The smallest absolute Gasteiger partial charge is 0.122 e. The molecule has 2 aliphatic carbocycles. The number of nitrogens with two attached hydrogens (primary N) is 1. The van der Waals surface area contributed by atoms with Crippen LogP contribution < -0.4 is 5.73 Å². The van der Waals surface area contributed by atoms with Gasteiger partial charge in [0.05, 0.1) is 18.8 Å². The first-order valence-corrected chi connectivity index (χ1v) is 6.69. The summed E-state index contributed by atoms with van der Waals surface area (Å²) in [5.41, 5.74) is 6.97. The van der Waals surface area contributed by atoms with Gasteiger partial charge in [-0.2, -0.15) is 5.10 Å². The number of aliphatic hydroxyl groups excluding tert-OH is 1. The molecule has 0 aliphatic heterocycles. The van der Waals surface area contributed by atoms with E-state index >= 15 is 0 Å². The van der Waals surface area contributed by atoms with Gasteiger partial charge in [0, 0.05) is 6.07 Å². The van der Waals surface area contributed by atoms with E-state index in [9.17, 15) is 0 Å². The summed E-state index contributed by atoms with van der Waals surface area (Å²) < 4.78 is 1.71. The average Bonchev–Trinajstić information content (AvgIpc) is 2.96. The Balaban J connectivity index is 1.67. The minimum absolute atomic E-state index is 0.0967. The summed E-state index contributed by atoms with van der Waals surface area (Å²) in [6.07, 6.45) is 6.77. The highest BCUT2D eigenvalue weighted by molar-refractivity contribution is 5.31. The zero-order chi connectivity index (χ0) is 11.8. The lowest BCUT2D eigenvalue weighted by Gasteiger charge is -2.20. The van der Waals surface area contributed by atoms with Gasteiger partial charge in [-0.1, -0.05) is 6.42 Å². The van der Waals surface area contributed by atoms with Gasteiger partial charge in [-0.05, 0) is 43.4 Å². The van der Waals surface area contributed by atoms with E-state index in [1.165, 1.54) is 25.7 Å². The lowest BCUT2D eigenvalue weighted by Crippen LogP contribution is -2.14. The van der Waals surface area contributed by atoms with Gasteiger partial charge >= 0.3 is 0 Å². The van der Waals surface area contributed by atoms with Crippen LogP contribution in [0.5, 0.6) is 0 Å². The highest BCUT2D eigenvalue weighted by Crippen LogP contribution is 2.49. The Bertz CT molecular complexity index is 401. The Morgan fingerprint density at radius 3 is 2.94 bits per heavy atom. The summed E-state index contributed by atoms with van der Waals surface area (Å²) in [4.78, 5) is 0. The summed E-state index contributed by atoms with van der Waals surface area (Å²) in [6, 6.07) is 1.97. The molecule has 1 aromatic heterocycles. The predicted octanol–water partition coefficient (Wildman–Crippen LogP) is 1.44. The molecule has 0 aromatic carbocycles. The Hall–Kier alpha value is -1.03. The standard InChI is InChI=1S/C13H21N3O/c14-13-8-12(15-16(13)3-4-17)7-11-6-9-1-2-10(11)5-9/h8-11,17H,1-7,14H2. The average molecular weight is 235 g/mol. The van der Waals surface area contributed by atoms with Gasteiger partial charge in [-0.3, -0.25) is 0 Å². The molecular weight excluding hydrogens is 214 g/mol. The third kappa shape index (κ3) is 2.06. The summed E-state index contributed by atoms with van der Waals surface area (Å²) in [5, 5.41) is 13.4. The quantitative estimate of drug-likeness (QED) is 0.830. The number of aliphatic hydroxyl groups is 1. The number of nitrogen functional groups attached to an aromatic ring is 1. The van der Waals surface area contributed by atoms with Gasteiger partial charge in [-0.15, -0.1) is 0 Å². The lowest BCUT2D eigenvalue weighted by atomic mass is 9.85. The Morgan fingerprint density at radius 1 is 1.41 bits per heavy atom. The van der Waals surface area contributed by atoms with Crippen LogP contribution in [0.4, 0.5) is 5.82 Å². The zero-order valence-corrected chi connectivity index (χ0v) is 10.2. The summed E-state index contributed by atoms with van der Waals surface area (Å²) in [6.45, 7) is 0.599. The number of aromatic nitrogens is 2. The molecule has 0 saturated heterocycles. The molecule has 3 unspecified atom stereocenters. The first kappa shape index (κ1) is 11.1.